The van der Waals surface area contributed by atoms with Crippen molar-refractivity contribution in [3.05, 3.63) is 15.9 Å². The first kappa shape index (κ1) is 15.0. The van der Waals surface area contributed by atoms with E-state index in [1.54, 1.807) is 0 Å². The molecule has 0 saturated heterocycles. The molecule has 1 aliphatic rings. The number of hydrogen-bond donors (Lipinski definition) is 1. The fourth-order valence-electron chi connectivity index (χ4n) is 3.48. The number of hydrogen-bond acceptors (Lipinski definition) is 2. The van der Waals surface area contributed by atoms with Gasteiger partial charge in [0, 0.05) is 13.5 Å². The zero-order valence-electron chi connectivity index (χ0n) is 12.4. The van der Waals surface area contributed by atoms with Crippen molar-refractivity contribution in [3.63, 3.8) is 0 Å². The lowest BCUT2D eigenvalue weighted by Crippen LogP contribution is -2.38. The Labute approximate surface area is 124 Å². The lowest BCUT2D eigenvalue weighted by molar-refractivity contribution is 0.00478. The van der Waals surface area contributed by atoms with Crippen LogP contribution in [-0.4, -0.2) is 21.0 Å². The topological polar surface area (TPSA) is 38.0 Å². The largest absolute Gasteiger partial charge is 0.392 e. The van der Waals surface area contributed by atoms with Gasteiger partial charge in [-0.3, -0.25) is 4.68 Å². The van der Waals surface area contributed by atoms with Crippen LogP contribution in [0, 0.1) is 18.3 Å². The number of rotatable bonds is 3. The molecule has 0 spiro atoms. The summed E-state index contributed by atoms with van der Waals surface area (Å²) in [5.41, 5.74) is 2.34. The third-order valence-electron chi connectivity index (χ3n) is 4.72. The number of aliphatic hydroxyl groups excluding tert-OH is 1. The molecule has 4 heteroatoms. The van der Waals surface area contributed by atoms with E-state index in [1.807, 2.05) is 18.7 Å². The van der Waals surface area contributed by atoms with Crippen LogP contribution in [0.1, 0.15) is 50.9 Å². The van der Waals surface area contributed by atoms with Crippen LogP contribution < -0.4 is 0 Å². The predicted molar refractivity (Wildman–Crippen MR) is 81.1 cm³/mol. The highest BCUT2D eigenvalue weighted by atomic mass is 79.9. The second-order valence-corrected chi connectivity index (χ2v) is 7.38. The van der Waals surface area contributed by atoms with Crippen molar-refractivity contribution < 1.29 is 5.11 Å². The molecule has 108 valence electrons. The molecule has 2 atom stereocenters. The second kappa shape index (κ2) is 5.57. The standard InChI is InChI=1S/C15H25BrN2O/c1-10-14(16)12(18(4)17-10)9-13(19)11-7-5-6-8-15(11,2)3/h11,13,19H,5-9H2,1-4H3. The number of aromatic nitrogens is 2. The lowest BCUT2D eigenvalue weighted by Gasteiger charge is -2.41. The molecule has 3 nitrogen and oxygen atoms in total. The third kappa shape index (κ3) is 3.05. The maximum Gasteiger partial charge on any atom is 0.0738 e. The van der Waals surface area contributed by atoms with E-state index in [4.69, 9.17) is 0 Å². The predicted octanol–water partition coefficient (Wildman–Crippen LogP) is 3.61. The van der Waals surface area contributed by atoms with Gasteiger partial charge in [-0.25, -0.2) is 0 Å². The van der Waals surface area contributed by atoms with E-state index in [0.29, 0.717) is 12.3 Å². The minimum absolute atomic E-state index is 0.248. The molecule has 0 amide bonds. The van der Waals surface area contributed by atoms with Crippen molar-refractivity contribution in [2.45, 2.75) is 59.0 Å². The van der Waals surface area contributed by atoms with Crippen LogP contribution in [0.3, 0.4) is 0 Å². The van der Waals surface area contributed by atoms with Crippen molar-refractivity contribution in [1.82, 2.24) is 9.78 Å². The Morgan fingerprint density at radius 2 is 2.16 bits per heavy atom. The molecule has 2 rings (SSSR count). The molecular weight excluding hydrogens is 304 g/mol. The number of aryl methyl sites for hydroxylation is 2. The van der Waals surface area contributed by atoms with E-state index in [9.17, 15) is 5.11 Å². The monoisotopic (exact) mass is 328 g/mol. The summed E-state index contributed by atoms with van der Waals surface area (Å²) in [6.45, 7) is 6.58. The Morgan fingerprint density at radius 3 is 2.68 bits per heavy atom. The van der Waals surface area contributed by atoms with Gasteiger partial charge in [-0.15, -0.1) is 0 Å². The first-order valence-corrected chi connectivity index (χ1v) is 7.98. The molecule has 1 saturated carbocycles. The van der Waals surface area contributed by atoms with Crippen molar-refractivity contribution in [3.8, 4) is 0 Å². The molecule has 1 N–H and O–H groups in total. The maximum absolute atomic E-state index is 10.7. The average Bonchev–Trinajstić information content (AvgIpc) is 2.55. The Morgan fingerprint density at radius 1 is 1.47 bits per heavy atom. The van der Waals surface area contributed by atoms with E-state index in [-0.39, 0.29) is 11.5 Å². The fourth-order valence-corrected chi connectivity index (χ4v) is 3.97. The Bertz CT molecular complexity index is 453. The number of halogens is 1. The van der Waals surface area contributed by atoms with Crippen molar-refractivity contribution in [2.75, 3.05) is 0 Å². The Hall–Kier alpha value is -0.350. The minimum atomic E-state index is -0.276. The lowest BCUT2D eigenvalue weighted by atomic mass is 9.66. The van der Waals surface area contributed by atoms with Crippen LogP contribution in [0.2, 0.25) is 0 Å². The van der Waals surface area contributed by atoms with Gasteiger partial charge in [-0.1, -0.05) is 26.7 Å². The van der Waals surface area contributed by atoms with Gasteiger partial charge in [-0.05, 0) is 47.0 Å². The Kier molecular flexibility index (Phi) is 4.41. The van der Waals surface area contributed by atoms with Gasteiger partial charge in [0.15, 0.2) is 0 Å². The molecule has 2 unspecified atom stereocenters. The summed E-state index contributed by atoms with van der Waals surface area (Å²) in [6.07, 6.45) is 5.32. The molecule has 19 heavy (non-hydrogen) atoms. The van der Waals surface area contributed by atoms with Crippen LogP contribution in [0.25, 0.3) is 0 Å². The number of nitrogens with zero attached hydrogens (tertiary/aromatic N) is 2. The average molecular weight is 329 g/mol. The quantitative estimate of drug-likeness (QED) is 0.920. The first-order chi connectivity index (χ1) is 8.83. The summed E-state index contributed by atoms with van der Waals surface area (Å²) in [7, 11) is 1.95. The molecule has 1 aliphatic carbocycles. The van der Waals surface area contributed by atoms with Crippen LogP contribution in [0.4, 0.5) is 0 Å². The van der Waals surface area contributed by atoms with Crippen molar-refractivity contribution >= 4 is 15.9 Å². The van der Waals surface area contributed by atoms with Crippen molar-refractivity contribution in [1.29, 1.82) is 0 Å². The SMILES string of the molecule is Cc1nn(C)c(CC(O)C2CCCCC2(C)C)c1Br. The maximum atomic E-state index is 10.7. The van der Waals surface area contributed by atoms with Crippen LogP contribution in [0.5, 0.6) is 0 Å². The van der Waals surface area contributed by atoms with Gasteiger partial charge < -0.3 is 5.11 Å². The van der Waals surface area contributed by atoms with Crippen LogP contribution >= 0.6 is 15.9 Å². The zero-order chi connectivity index (χ0) is 14.2. The summed E-state index contributed by atoms with van der Waals surface area (Å²) in [4.78, 5) is 0. The summed E-state index contributed by atoms with van der Waals surface area (Å²) in [6, 6.07) is 0. The van der Waals surface area contributed by atoms with Gasteiger partial charge in [0.1, 0.15) is 0 Å². The smallest absolute Gasteiger partial charge is 0.0738 e. The molecule has 0 radical (unpaired) electrons. The highest BCUT2D eigenvalue weighted by Crippen LogP contribution is 2.43. The van der Waals surface area contributed by atoms with Gasteiger partial charge in [0.05, 0.1) is 22.0 Å². The van der Waals surface area contributed by atoms with Gasteiger partial charge in [-0.2, -0.15) is 5.10 Å². The van der Waals surface area contributed by atoms with E-state index in [0.717, 1.165) is 22.3 Å². The molecular formula is C15H25BrN2O. The zero-order valence-corrected chi connectivity index (χ0v) is 14.0. The van der Waals surface area contributed by atoms with Gasteiger partial charge >= 0.3 is 0 Å². The molecule has 0 bridgehead atoms. The summed E-state index contributed by atoms with van der Waals surface area (Å²) >= 11 is 3.59. The molecule has 1 aromatic heterocycles. The Balaban J connectivity index is 2.14. The minimum Gasteiger partial charge on any atom is -0.392 e. The highest BCUT2D eigenvalue weighted by Gasteiger charge is 2.37. The van der Waals surface area contributed by atoms with Gasteiger partial charge in [0.25, 0.3) is 0 Å². The fraction of sp³-hybridized carbons (Fsp3) is 0.800. The number of aliphatic hydroxyl groups is 1. The van der Waals surface area contributed by atoms with E-state index < -0.39 is 0 Å². The molecule has 1 fully saturated rings. The summed E-state index contributed by atoms with van der Waals surface area (Å²) < 4.78 is 2.93. The third-order valence-corrected chi connectivity index (χ3v) is 5.75. The van der Waals surface area contributed by atoms with E-state index in [2.05, 4.69) is 34.9 Å². The molecule has 0 aliphatic heterocycles. The highest BCUT2D eigenvalue weighted by molar-refractivity contribution is 9.10. The molecule has 1 heterocycles. The van der Waals surface area contributed by atoms with Crippen LogP contribution in [-0.2, 0) is 13.5 Å². The first-order valence-electron chi connectivity index (χ1n) is 7.19. The molecule has 0 aromatic carbocycles. The molecule has 1 aromatic rings. The summed E-state index contributed by atoms with van der Waals surface area (Å²) in [5, 5.41) is 15.1. The second-order valence-electron chi connectivity index (χ2n) is 6.58. The normalized spacial score (nSPS) is 24.4. The summed E-state index contributed by atoms with van der Waals surface area (Å²) in [5.74, 6) is 0.392. The van der Waals surface area contributed by atoms with Crippen LogP contribution in [0.15, 0.2) is 4.47 Å². The van der Waals surface area contributed by atoms with Crippen molar-refractivity contribution in [2.24, 2.45) is 18.4 Å². The van der Waals surface area contributed by atoms with E-state index >= 15 is 0 Å². The van der Waals surface area contributed by atoms with E-state index in [1.165, 1.54) is 19.3 Å². The van der Waals surface area contributed by atoms with Gasteiger partial charge in [0.2, 0.25) is 0 Å².